The molecule has 4 nitrogen and oxygen atoms in total. The third kappa shape index (κ3) is 7.78. The molecule has 3 aliphatic rings. The number of rotatable bonds is 14. The molecule has 1 spiro atoms. The molecular formula is C43H66O4Si2. The maximum absolute atomic E-state index is 13.0. The highest BCUT2D eigenvalue weighted by Gasteiger charge is 2.59. The van der Waals surface area contributed by atoms with Crippen molar-refractivity contribution in [2.75, 3.05) is 6.61 Å². The fourth-order valence-corrected chi connectivity index (χ4v) is 11.6. The van der Waals surface area contributed by atoms with Gasteiger partial charge in [0.1, 0.15) is 13.9 Å². The number of ether oxygens (including phenoxy) is 1. The molecule has 2 aromatic rings. The number of allylic oxidation sites excluding steroid dienone is 2. The lowest BCUT2D eigenvalue weighted by Crippen LogP contribution is -2.53. The molecule has 1 aromatic heterocycles. The first-order valence-electron chi connectivity index (χ1n) is 19.2. The first kappa shape index (κ1) is 38.2. The minimum Gasteiger partial charge on any atom is -0.474 e. The second kappa shape index (κ2) is 14.6. The van der Waals surface area contributed by atoms with Crippen LogP contribution in [-0.4, -0.2) is 34.9 Å². The maximum atomic E-state index is 13.0. The number of Topliss-reactive ketones (excluding diaryl/α,β-unsaturated/α-hetero) is 1. The molecular weight excluding hydrogens is 637 g/mol. The quantitative estimate of drug-likeness (QED) is 0.112. The van der Waals surface area contributed by atoms with Crippen LogP contribution in [0, 0.1) is 17.3 Å². The molecule has 0 saturated heterocycles. The van der Waals surface area contributed by atoms with Gasteiger partial charge in [0.2, 0.25) is 0 Å². The van der Waals surface area contributed by atoms with Gasteiger partial charge in [-0.1, -0.05) is 116 Å². The number of fused-ring (bicyclic) bond motifs is 5. The van der Waals surface area contributed by atoms with Crippen molar-refractivity contribution in [1.29, 1.82) is 0 Å². The van der Waals surface area contributed by atoms with Crippen molar-refractivity contribution < 1.29 is 18.4 Å². The van der Waals surface area contributed by atoms with Crippen LogP contribution >= 0.6 is 0 Å². The molecule has 1 aromatic carbocycles. The molecule has 0 amide bonds. The van der Waals surface area contributed by atoms with Crippen LogP contribution < -0.4 is 5.38 Å². The third-order valence-electron chi connectivity index (χ3n) is 13.3. The Kier molecular flexibility index (Phi) is 11.4. The van der Waals surface area contributed by atoms with Gasteiger partial charge in [-0.2, -0.15) is 0 Å². The monoisotopic (exact) mass is 702 g/mol. The van der Waals surface area contributed by atoms with Crippen molar-refractivity contribution in [2.24, 2.45) is 17.3 Å². The summed E-state index contributed by atoms with van der Waals surface area (Å²) >= 11 is 0. The van der Waals surface area contributed by atoms with Gasteiger partial charge in [-0.05, 0) is 83.0 Å². The molecule has 1 saturated carbocycles. The maximum Gasteiger partial charge on any atom is 0.192 e. The molecule has 3 aliphatic carbocycles. The fourth-order valence-electron chi connectivity index (χ4n) is 8.35. The minimum absolute atomic E-state index is 0.0249. The molecule has 2 bridgehead atoms. The predicted octanol–water partition coefficient (Wildman–Crippen LogP) is 11.3. The molecule has 0 radical (unpaired) electrons. The van der Waals surface area contributed by atoms with Gasteiger partial charge >= 0.3 is 0 Å². The zero-order valence-corrected chi connectivity index (χ0v) is 34.5. The van der Waals surface area contributed by atoms with E-state index in [1.807, 2.05) is 6.07 Å². The normalized spacial score (nSPS) is 23.9. The van der Waals surface area contributed by atoms with E-state index in [1.54, 1.807) is 0 Å². The van der Waals surface area contributed by atoms with E-state index < -0.39 is 16.4 Å². The topological polar surface area (TPSA) is 48.7 Å². The average Bonchev–Trinajstić information content (AvgIpc) is 3.38. The SMILES string of the molecule is C=CCC1C(CCCCCCOCc2ccccc2)C=C2C(O[Si](C)(C)C(C)(C)C)C1c1coc([Si](C)(C)C(C)(C)C)c1CC21CC(=O)C1. The first-order valence-corrected chi connectivity index (χ1v) is 25.1. The lowest BCUT2D eigenvalue weighted by molar-refractivity contribution is -0.131. The van der Waals surface area contributed by atoms with Crippen LogP contribution in [-0.2, 0) is 27.0 Å². The number of hydrogen-bond acceptors (Lipinski definition) is 4. The lowest BCUT2D eigenvalue weighted by atomic mass is 9.56. The molecule has 1 heterocycles. The predicted molar refractivity (Wildman–Crippen MR) is 210 cm³/mol. The summed E-state index contributed by atoms with van der Waals surface area (Å²) in [6.07, 6.45) is 15.9. The number of hydrogen-bond donors (Lipinski definition) is 0. The highest BCUT2D eigenvalue weighted by molar-refractivity contribution is 6.91. The van der Waals surface area contributed by atoms with Crippen LogP contribution in [0.25, 0.3) is 0 Å². The summed E-state index contributed by atoms with van der Waals surface area (Å²) in [5, 5.41) is 1.48. The van der Waals surface area contributed by atoms with E-state index in [9.17, 15) is 4.79 Å². The lowest BCUT2D eigenvalue weighted by Gasteiger charge is -2.52. The van der Waals surface area contributed by atoms with E-state index in [0.29, 0.717) is 37.1 Å². The molecule has 1 fully saturated rings. The summed E-state index contributed by atoms with van der Waals surface area (Å²) in [7, 11) is -4.15. The van der Waals surface area contributed by atoms with E-state index >= 15 is 0 Å². The van der Waals surface area contributed by atoms with Crippen molar-refractivity contribution in [3.63, 3.8) is 0 Å². The summed E-state index contributed by atoms with van der Waals surface area (Å²) in [6, 6.07) is 10.4. The van der Waals surface area contributed by atoms with Crippen LogP contribution in [0.3, 0.4) is 0 Å². The molecule has 49 heavy (non-hydrogen) atoms. The summed E-state index contributed by atoms with van der Waals surface area (Å²) in [6.45, 7) is 29.7. The van der Waals surface area contributed by atoms with E-state index in [0.717, 1.165) is 32.3 Å². The molecule has 0 N–H and O–H groups in total. The Hall–Kier alpha value is -2.00. The zero-order valence-electron chi connectivity index (χ0n) is 32.5. The standard InChI is InChI=1S/C43H66O4Si2/c1-12-20-34-32(23-18-13-14-19-24-45-29-31-21-16-15-17-22-31)25-37-39(47-49(10,11)42(5,6)7)38(34)36-30-46-40(48(8,9)41(2,3)4)35(36)28-43(37)26-33(44)27-43/h12,15-17,21-22,25,30,32,34,38-39H,1,13-14,18-20,23-24,26-29H2,2-11H3. The second-order valence-corrected chi connectivity index (χ2v) is 28.7. The van der Waals surface area contributed by atoms with Crippen molar-refractivity contribution in [3.8, 4) is 0 Å². The first-order chi connectivity index (χ1) is 22.9. The largest absolute Gasteiger partial charge is 0.474 e. The van der Waals surface area contributed by atoms with Gasteiger partial charge in [0.15, 0.2) is 8.32 Å². The summed E-state index contributed by atoms with van der Waals surface area (Å²) in [5.74, 6) is 1.41. The molecule has 0 aliphatic heterocycles. The van der Waals surface area contributed by atoms with Crippen LogP contribution in [0.1, 0.15) is 116 Å². The third-order valence-corrected chi connectivity index (χ3v) is 23.1. The van der Waals surface area contributed by atoms with Crippen molar-refractivity contribution in [3.05, 3.63) is 77.6 Å². The van der Waals surface area contributed by atoms with Crippen molar-refractivity contribution in [2.45, 2.75) is 154 Å². The Balaban J connectivity index is 1.46. The van der Waals surface area contributed by atoms with Gasteiger partial charge in [-0.15, -0.1) is 6.58 Å². The molecule has 5 rings (SSSR count). The van der Waals surface area contributed by atoms with Gasteiger partial charge in [0.25, 0.3) is 0 Å². The number of benzene rings is 1. The van der Waals surface area contributed by atoms with E-state index in [4.69, 9.17) is 13.6 Å². The summed E-state index contributed by atoms with van der Waals surface area (Å²) < 4.78 is 20.4. The second-order valence-electron chi connectivity index (χ2n) is 18.8. The molecule has 6 heteroatoms. The van der Waals surface area contributed by atoms with Crippen LogP contribution in [0.4, 0.5) is 0 Å². The van der Waals surface area contributed by atoms with Crippen LogP contribution in [0.2, 0.25) is 36.3 Å². The van der Waals surface area contributed by atoms with Crippen LogP contribution in [0.15, 0.2) is 65.3 Å². The van der Waals surface area contributed by atoms with Gasteiger partial charge < -0.3 is 13.6 Å². The number of unbranched alkanes of at least 4 members (excludes halogenated alkanes) is 3. The fraction of sp³-hybridized carbons (Fsp3) is 0.651. The Labute approximate surface area is 300 Å². The van der Waals surface area contributed by atoms with E-state index in [1.165, 1.54) is 46.9 Å². The average molecular weight is 703 g/mol. The highest BCUT2D eigenvalue weighted by Crippen LogP contribution is 2.61. The van der Waals surface area contributed by atoms with E-state index in [2.05, 4.69) is 117 Å². The minimum atomic E-state index is -2.16. The van der Waals surface area contributed by atoms with Gasteiger partial charge in [-0.3, -0.25) is 4.79 Å². The number of carbonyl (C=O) groups excluding carboxylic acids is 1. The number of carbonyl (C=O) groups is 1. The smallest absolute Gasteiger partial charge is 0.192 e. The summed E-state index contributed by atoms with van der Waals surface area (Å²) in [4.78, 5) is 13.0. The Morgan fingerprint density at radius 3 is 2.22 bits per heavy atom. The van der Waals surface area contributed by atoms with Crippen molar-refractivity contribution >= 4 is 27.6 Å². The number of ketones is 1. The highest BCUT2D eigenvalue weighted by atomic mass is 28.4. The number of furan rings is 1. The zero-order chi connectivity index (χ0) is 35.8. The van der Waals surface area contributed by atoms with Gasteiger partial charge in [-0.25, -0.2) is 0 Å². The Morgan fingerprint density at radius 1 is 0.939 bits per heavy atom. The Bertz CT molecular complexity index is 1480. The van der Waals surface area contributed by atoms with Gasteiger partial charge in [0, 0.05) is 30.8 Å². The Morgan fingerprint density at radius 2 is 1.61 bits per heavy atom. The molecule has 4 unspecified atom stereocenters. The molecule has 270 valence electrons. The summed E-state index contributed by atoms with van der Waals surface area (Å²) in [5.41, 5.74) is 5.31. The van der Waals surface area contributed by atoms with Crippen LogP contribution in [0.5, 0.6) is 0 Å². The van der Waals surface area contributed by atoms with E-state index in [-0.39, 0.29) is 27.5 Å². The van der Waals surface area contributed by atoms with Gasteiger partial charge in [0.05, 0.1) is 24.4 Å². The molecule has 4 atom stereocenters. The van der Waals surface area contributed by atoms with Crippen molar-refractivity contribution in [1.82, 2.24) is 0 Å².